The molecule has 0 saturated carbocycles. The van der Waals surface area contributed by atoms with E-state index in [1.807, 2.05) is 0 Å². The Morgan fingerprint density at radius 2 is 1.74 bits per heavy atom. The summed E-state index contributed by atoms with van der Waals surface area (Å²) in [7, 11) is 1.30. The van der Waals surface area contributed by atoms with Crippen LogP contribution < -0.4 is 5.32 Å². The number of nitrogens with one attached hydrogen (secondary N) is 1. The first-order chi connectivity index (χ1) is 10.9. The minimum atomic E-state index is -1.01. The van der Waals surface area contributed by atoms with Crippen LogP contribution in [0.5, 0.6) is 0 Å². The molecule has 23 heavy (non-hydrogen) atoms. The van der Waals surface area contributed by atoms with Gasteiger partial charge in [0.1, 0.15) is 17.5 Å². The third-order valence-corrected chi connectivity index (χ3v) is 3.00. The molecular formula is C16H13F3N2O2. The number of hydrogen-bond donors (Lipinski definition) is 1. The Labute approximate surface area is 130 Å². The number of nitrogens with zero attached hydrogens (tertiary/aromatic N) is 1. The minimum absolute atomic E-state index is 0.240. The van der Waals surface area contributed by atoms with Crippen molar-refractivity contribution in [2.24, 2.45) is 0 Å². The van der Waals surface area contributed by atoms with E-state index in [4.69, 9.17) is 0 Å². The molecule has 2 aromatic carbocycles. The molecule has 2 aromatic rings. The van der Waals surface area contributed by atoms with Crippen molar-refractivity contribution in [3.63, 3.8) is 0 Å². The van der Waals surface area contributed by atoms with E-state index in [-0.39, 0.29) is 17.8 Å². The summed E-state index contributed by atoms with van der Waals surface area (Å²) in [6, 6.07) is 7.82. The van der Waals surface area contributed by atoms with Crippen LogP contribution in [0.25, 0.3) is 0 Å². The van der Waals surface area contributed by atoms with Crippen molar-refractivity contribution in [1.82, 2.24) is 4.90 Å². The van der Waals surface area contributed by atoms with E-state index < -0.39 is 29.3 Å². The Morgan fingerprint density at radius 1 is 1.04 bits per heavy atom. The van der Waals surface area contributed by atoms with Crippen LogP contribution in [0.3, 0.4) is 0 Å². The fourth-order valence-electron chi connectivity index (χ4n) is 1.92. The predicted octanol–water partition coefficient (Wildman–Crippen LogP) is 2.81. The molecule has 2 rings (SSSR count). The molecule has 0 aliphatic carbocycles. The van der Waals surface area contributed by atoms with E-state index >= 15 is 0 Å². The highest BCUT2D eigenvalue weighted by Gasteiger charge is 2.19. The van der Waals surface area contributed by atoms with Gasteiger partial charge in [-0.05, 0) is 30.3 Å². The number of halogens is 3. The summed E-state index contributed by atoms with van der Waals surface area (Å²) < 4.78 is 39.4. The molecule has 0 fully saturated rings. The third kappa shape index (κ3) is 4.32. The van der Waals surface area contributed by atoms with Crippen molar-refractivity contribution in [2.45, 2.75) is 0 Å². The number of rotatable bonds is 4. The van der Waals surface area contributed by atoms with Gasteiger partial charge < -0.3 is 10.2 Å². The fourth-order valence-corrected chi connectivity index (χ4v) is 1.92. The van der Waals surface area contributed by atoms with Gasteiger partial charge in [0, 0.05) is 18.8 Å². The van der Waals surface area contributed by atoms with Crippen LogP contribution in [0.1, 0.15) is 10.4 Å². The van der Waals surface area contributed by atoms with E-state index in [0.717, 1.165) is 23.1 Å². The molecule has 1 N–H and O–H groups in total. The Balaban J connectivity index is 2.01. The van der Waals surface area contributed by atoms with Gasteiger partial charge in [-0.25, -0.2) is 13.2 Å². The first kappa shape index (κ1) is 16.5. The first-order valence-electron chi connectivity index (χ1n) is 6.63. The summed E-state index contributed by atoms with van der Waals surface area (Å²) >= 11 is 0. The lowest BCUT2D eigenvalue weighted by atomic mass is 10.2. The number of hydrogen-bond acceptors (Lipinski definition) is 2. The van der Waals surface area contributed by atoms with Crippen molar-refractivity contribution < 1.29 is 22.8 Å². The highest BCUT2D eigenvalue weighted by Crippen LogP contribution is 2.12. The van der Waals surface area contributed by atoms with Gasteiger partial charge in [0.25, 0.3) is 5.91 Å². The average molecular weight is 322 g/mol. The summed E-state index contributed by atoms with van der Waals surface area (Å²) in [6.07, 6.45) is 0. The monoisotopic (exact) mass is 322 g/mol. The zero-order chi connectivity index (χ0) is 17.0. The molecular weight excluding hydrogens is 309 g/mol. The van der Waals surface area contributed by atoms with Crippen LogP contribution >= 0.6 is 0 Å². The Kier molecular flexibility index (Phi) is 5.00. The minimum Gasteiger partial charge on any atom is -0.332 e. The topological polar surface area (TPSA) is 49.4 Å². The van der Waals surface area contributed by atoms with Crippen LogP contribution in [0.4, 0.5) is 18.9 Å². The zero-order valence-electron chi connectivity index (χ0n) is 12.1. The van der Waals surface area contributed by atoms with Gasteiger partial charge in [-0.1, -0.05) is 6.07 Å². The number of benzene rings is 2. The maximum absolute atomic E-state index is 13.6. The molecule has 120 valence electrons. The van der Waals surface area contributed by atoms with Crippen LogP contribution in [0.15, 0.2) is 42.5 Å². The van der Waals surface area contributed by atoms with Gasteiger partial charge in [-0.15, -0.1) is 0 Å². The normalized spacial score (nSPS) is 10.3. The molecule has 0 atom stereocenters. The van der Waals surface area contributed by atoms with Gasteiger partial charge in [-0.3, -0.25) is 9.59 Å². The summed E-state index contributed by atoms with van der Waals surface area (Å²) in [5.74, 6) is -3.66. The lowest BCUT2D eigenvalue weighted by Gasteiger charge is -2.17. The molecule has 2 amide bonds. The van der Waals surface area contributed by atoms with Crippen LogP contribution in [-0.2, 0) is 4.79 Å². The summed E-state index contributed by atoms with van der Waals surface area (Å²) in [5, 5.41) is 2.42. The molecule has 0 saturated heterocycles. The van der Waals surface area contributed by atoms with Crippen molar-refractivity contribution >= 4 is 17.5 Å². The van der Waals surface area contributed by atoms with E-state index in [0.29, 0.717) is 6.07 Å². The molecule has 0 aromatic heterocycles. The Hall–Kier alpha value is -2.83. The number of anilines is 1. The van der Waals surface area contributed by atoms with E-state index in [1.165, 1.54) is 25.2 Å². The van der Waals surface area contributed by atoms with Gasteiger partial charge in [0.2, 0.25) is 5.91 Å². The molecule has 0 aliphatic rings. The molecule has 0 bridgehead atoms. The van der Waals surface area contributed by atoms with E-state index in [2.05, 4.69) is 5.32 Å². The first-order valence-corrected chi connectivity index (χ1v) is 6.63. The fraction of sp³-hybridized carbons (Fsp3) is 0.125. The van der Waals surface area contributed by atoms with Crippen molar-refractivity contribution in [3.05, 3.63) is 65.5 Å². The molecule has 0 unspecified atom stereocenters. The number of amides is 2. The Bertz CT molecular complexity index is 750. The lowest BCUT2D eigenvalue weighted by Crippen LogP contribution is -2.35. The third-order valence-electron chi connectivity index (χ3n) is 3.00. The maximum Gasteiger partial charge on any atom is 0.257 e. The Morgan fingerprint density at radius 3 is 2.39 bits per heavy atom. The SMILES string of the molecule is CN(CC(=O)Nc1cccc(F)c1)C(=O)c1ccc(F)cc1F. The zero-order valence-corrected chi connectivity index (χ0v) is 12.1. The lowest BCUT2D eigenvalue weighted by molar-refractivity contribution is -0.116. The maximum atomic E-state index is 13.6. The highest BCUT2D eigenvalue weighted by molar-refractivity contribution is 5.99. The molecule has 0 heterocycles. The summed E-state index contributed by atoms with van der Waals surface area (Å²) in [6.45, 7) is -0.369. The van der Waals surface area contributed by atoms with Crippen LogP contribution in [0.2, 0.25) is 0 Å². The van der Waals surface area contributed by atoms with Gasteiger partial charge in [0.15, 0.2) is 0 Å². The second kappa shape index (κ2) is 6.95. The van der Waals surface area contributed by atoms with E-state index in [9.17, 15) is 22.8 Å². The molecule has 0 radical (unpaired) electrons. The van der Waals surface area contributed by atoms with E-state index in [1.54, 1.807) is 0 Å². The number of likely N-dealkylation sites (N-methyl/N-ethyl adjacent to an activating group) is 1. The largest absolute Gasteiger partial charge is 0.332 e. The number of carbonyl (C=O) groups excluding carboxylic acids is 2. The van der Waals surface area contributed by atoms with Gasteiger partial charge >= 0.3 is 0 Å². The molecule has 0 aliphatic heterocycles. The average Bonchev–Trinajstić information content (AvgIpc) is 2.46. The van der Waals surface area contributed by atoms with Crippen molar-refractivity contribution in [3.8, 4) is 0 Å². The highest BCUT2D eigenvalue weighted by atomic mass is 19.1. The molecule has 7 heteroatoms. The molecule has 4 nitrogen and oxygen atoms in total. The van der Waals surface area contributed by atoms with Crippen LogP contribution in [-0.4, -0.2) is 30.3 Å². The number of carbonyl (C=O) groups is 2. The van der Waals surface area contributed by atoms with Gasteiger partial charge in [0.05, 0.1) is 12.1 Å². The molecule has 0 spiro atoms. The standard InChI is InChI=1S/C16H13F3N2O2/c1-21(16(23)13-6-5-11(18)8-14(13)19)9-15(22)20-12-4-2-3-10(17)7-12/h2-8H,9H2,1H3,(H,20,22). The second-order valence-electron chi connectivity index (χ2n) is 4.84. The smallest absolute Gasteiger partial charge is 0.257 e. The van der Waals surface area contributed by atoms with Gasteiger partial charge in [-0.2, -0.15) is 0 Å². The van der Waals surface area contributed by atoms with Crippen molar-refractivity contribution in [1.29, 1.82) is 0 Å². The quantitative estimate of drug-likeness (QED) is 0.941. The van der Waals surface area contributed by atoms with Crippen molar-refractivity contribution in [2.75, 3.05) is 18.9 Å². The predicted molar refractivity (Wildman–Crippen MR) is 78.3 cm³/mol. The second-order valence-corrected chi connectivity index (χ2v) is 4.84. The van der Waals surface area contributed by atoms with Crippen LogP contribution in [0, 0.1) is 17.5 Å². The summed E-state index contributed by atoms with van der Waals surface area (Å²) in [5.41, 5.74) is -0.101. The summed E-state index contributed by atoms with van der Waals surface area (Å²) in [4.78, 5) is 24.8.